The molecule has 0 saturated heterocycles. The van der Waals surface area contributed by atoms with Crippen LogP contribution in [0.25, 0.3) is 0 Å². The number of hydrogen-bond donors (Lipinski definition) is 0. The van der Waals surface area contributed by atoms with E-state index in [4.69, 9.17) is 0 Å². The molecule has 0 aliphatic heterocycles. The Hall–Kier alpha value is -1.18. The van der Waals surface area contributed by atoms with Crippen molar-refractivity contribution in [3.05, 3.63) is 29.6 Å². The molecule has 0 N–H and O–H groups in total. The predicted octanol–water partition coefficient (Wildman–Crippen LogP) is 1.85. The molecule has 1 heterocycles. The Labute approximate surface area is 66.3 Å². The minimum atomic E-state index is 0.578. The van der Waals surface area contributed by atoms with Crippen molar-refractivity contribution in [1.82, 2.24) is 4.98 Å². The molecule has 11 heavy (non-hydrogen) atoms. The Kier molecular flexibility index (Phi) is 2.78. The molecule has 0 saturated carbocycles. The number of pyridine rings is 1. The molecule has 0 radical (unpaired) electrons. The van der Waals surface area contributed by atoms with E-state index in [1.54, 1.807) is 6.20 Å². The molecular formula is C9H11NO. The van der Waals surface area contributed by atoms with Crippen molar-refractivity contribution < 1.29 is 4.79 Å². The first kappa shape index (κ1) is 7.92. The third-order valence-corrected chi connectivity index (χ3v) is 1.56. The quantitative estimate of drug-likeness (QED) is 0.614. The number of aromatic nitrogens is 1. The molecule has 0 spiro atoms. The van der Waals surface area contributed by atoms with E-state index in [9.17, 15) is 4.79 Å². The van der Waals surface area contributed by atoms with Crippen molar-refractivity contribution in [2.75, 3.05) is 0 Å². The highest BCUT2D eigenvalue weighted by atomic mass is 16.1. The van der Waals surface area contributed by atoms with E-state index >= 15 is 0 Å². The lowest BCUT2D eigenvalue weighted by molar-refractivity contribution is 0.111. The van der Waals surface area contributed by atoms with E-state index in [1.807, 2.05) is 12.1 Å². The molecule has 2 nitrogen and oxygen atoms in total. The maximum atomic E-state index is 10.4. The summed E-state index contributed by atoms with van der Waals surface area (Å²) in [6, 6.07) is 3.80. The molecule has 1 rings (SSSR count). The Morgan fingerprint density at radius 1 is 1.64 bits per heavy atom. The Morgan fingerprint density at radius 3 is 3.09 bits per heavy atom. The van der Waals surface area contributed by atoms with Gasteiger partial charge in [-0.25, -0.2) is 0 Å². The molecule has 0 atom stereocenters. The molecular weight excluding hydrogens is 138 g/mol. The van der Waals surface area contributed by atoms with Gasteiger partial charge in [-0.15, -0.1) is 0 Å². The molecule has 2 heteroatoms. The molecule has 1 aromatic heterocycles. The van der Waals surface area contributed by atoms with Crippen LogP contribution in [0, 0.1) is 0 Å². The molecule has 0 aliphatic carbocycles. The smallest absolute Gasteiger partial charge is 0.168 e. The monoisotopic (exact) mass is 149 g/mol. The topological polar surface area (TPSA) is 30.0 Å². The molecule has 0 unspecified atom stereocenters. The summed E-state index contributed by atoms with van der Waals surface area (Å²) in [5.74, 6) is 0. The van der Waals surface area contributed by atoms with Gasteiger partial charge in [-0.3, -0.25) is 9.78 Å². The maximum Gasteiger partial charge on any atom is 0.168 e. The zero-order valence-corrected chi connectivity index (χ0v) is 6.58. The van der Waals surface area contributed by atoms with Crippen molar-refractivity contribution in [2.24, 2.45) is 0 Å². The Bertz CT molecular complexity index is 245. The second-order valence-electron chi connectivity index (χ2n) is 2.42. The third-order valence-electron chi connectivity index (χ3n) is 1.56. The van der Waals surface area contributed by atoms with Gasteiger partial charge in [0.2, 0.25) is 0 Å². The highest BCUT2D eigenvalue weighted by molar-refractivity contribution is 5.73. The first-order valence-electron chi connectivity index (χ1n) is 3.77. The summed E-state index contributed by atoms with van der Waals surface area (Å²) in [6.07, 6.45) is 4.43. The molecule has 0 bridgehead atoms. The van der Waals surface area contributed by atoms with Crippen molar-refractivity contribution >= 4 is 6.29 Å². The SMILES string of the molecule is CCCc1cccnc1C=O. The van der Waals surface area contributed by atoms with Crippen molar-refractivity contribution in [3.8, 4) is 0 Å². The lowest BCUT2D eigenvalue weighted by Crippen LogP contribution is -1.94. The van der Waals surface area contributed by atoms with Crippen LogP contribution in [0.2, 0.25) is 0 Å². The van der Waals surface area contributed by atoms with E-state index in [-0.39, 0.29) is 0 Å². The molecule has 1 aromatic rings. The lowest BCUT2D eigenvalue weighted by atomic mass is 10.1. The van der Waals surface area contributed by atoms with Gasteiger partial charge in [-0.05, 0) is 18.1 Å². The summed E-state index contributed by atoms with van der Waals surface area (Å²) < 4.78 is 0. The van der Waals surface area contributed by atoms with Gasteiger partial charge in [-0.2, -0.15) is 0 Å². The lowest BCUT2D eigenvalue weighted by Gasteiger charge is -1.99. The number of carbonyl (C=O) groups excluding carboxylic acids is 1. The standard InChI is InChI=1S/C9H11NO/c1-2-4-8-5-3-6-10-9(8)7-11/h3,5-7H,2,4H2,1H3. The van der Waals surface area contributed by atoms with Gasteiger partial charge in [0.05, 0.1) is 0 Å². The fourth-order valence-corrected chi connectivity index (χ4v) is 1.04. The molecule has 0 fully saturated rings. The number of aryl methyl sites for hydroxylation is 1. The first-order chi connectivity index (χ1) is 5.38. The maximum absolute atomic E-state index is 10.4. The van der Waals surface area contributed by atoms with Crippen LogP contribution in [0.15, 0.2) is 18.3 Å². The van der Waals surface area contributed by atoms with Crippen LogP contribution in [0.4, 0.5) is 0 Å². The normalized spacial score (nSPS) is 9.55. The largest absolute Gasteiger partial charge is 0.296 e. The number of hydrogen-bond acceptors (Lipinski definition) is 2. The second kappa shape index (κ2) is 3.86. The van der Waals surface area contributed by atoms with E-state index < -0.39 is 0 Å². The third kappa shape index (κ3) is 1.87. The van der Waals surface area contributed by atoms with Crippen LogP contribution in [0.5, 0.6) is 0 Å². The average Bonchev–Trinajstić information content (AvgIpc) is 2.06. The summed E-state index contributed by atoms with van der Waals surface area (Å²) in [5, 5.41) is 0. The van der Waals surface area contributed by atoms with Gasteiger partial charge in [0, 0.05) is 6.20 Å². The zero-order valence-electron chi connectivity index (χ0n) is 6.58. The summed E-state index contributed by atoms with van der Waals surface area (Å²) >= 11 is 0. The molecule has 0 amide bonds. The van der Waals surface area contributed by atoms with Crippen molar-refractivity contribution in [3.63, 3.8) is 0 Å². The second-order valence-corrected chi connectivity index (χ2v) is 2.42. The van der Waals surface area contributed by atoms with Gasteiger partial charge in [-0.1, -0.05) is 19.4 Å². The van der Waals surface area contributed by atoms with Crippen molar-refractivity contribution in [1.29, 1.82) is 0 Å². The highest BCUT2D eigenvalue weighted by Gasteiger charge is 1.98. The van der Waals surface area contributed by atoms with Gasteiger partial charge < -0.3 is 0 Å². The Balaban J connectivity index is 2.92. The van der Waals surface area contributed by atoms with Crippen LogP contribution in [0.1, 0.15) is 29.4 Å². The van der Waals surface area contributed by atoms with Crippen LogP contribution >= 0.6 is 0 Å². The summed E-state index contributed by atoms with van der Waals surface area (Å²) in [4.78, 5) is 14.4. The number of aldehydes is 1. The van der Waals surface area contributed by atoms with Crippen LogP contribution in [-0.2, 0) is 6.42 Å². The van der Waals surface area contributed by atoms with E-state index in [0.717, 1.165) is 24.7 Å². The molecule has 0 aliphatic rings. The summed E-state index contributed by atoms with van der Waals surface area (Å²) in [6.45, 7) is 2.08. The van der Waals surface area contributed by atoms with Gasteiger partial charge in [0.1, 0.15) is 5.69 Å². The summed E-state index contributed by atoms with van der Waals surface area (Å²) in [5.41, 5.74) is 1.62. The van der Waals surface area contributed by atoms with E-state index in [1.165, 1.54) is 0 Å². The zero-order chi connectivity index (χ0) is 8.10. The van der Waals surface area contributed by atoms with Gasteiger partial charge >= 0.3 is 0 Å². The minimum Gasteiger partial charge on any atom is -0.296 e. The molecule has 58 valence electrons. The molecule has 0 aromatic carbocycles. The van der Waals surface area contributed by atoms with Crippen LogP contribution in [-0.4, -0.2) is 11.3 Å². The minimum absolute atomic E-state index is 0.578. The number of nitrogens with zero attached hydrogens (tertiary/aromatic N) is 1. The fraction of sp³-hybridized carbons (Fsp3) is 0.333. The number of rotatable bonds is 3. The average molecular weight is 149 g/mol. The van der Waals surface area contributed by atoms with Crippen LogP contribution in [0.3, 0.4) is 0 Å². The summed E-state index contributed by atoms with van der Waals surface area (Å²) in [7, 11) is 0. The highest BCUT2D eigenvalue weighted by Crippen LogP contribution is 2.04. The Morgan fingerprint density at radius 2 is 2.45 bits per heavy atom. The van der Waals surface area contributed by atoms with Gasteiger partial charge in [0.15, 0.2) is 6.29 Å². The van der Waals surface area contributed by atoms with Gasteiger partial charge in [0.25, 0.3) is 0 Å². The predicted molar refractivity (Wildman–Crippen MR) is 43.6 cm³/mol. The number of carbonyl (C=O) groups is 1. The van der Waals surface area contributed by atoms with E-state index in [2.05, 4.69) is 11.9 Å². The van der Waals surface area contributed by atoms with Crippen molar-refractivity contribution in [2.45, 2.75) is 19.8 Å². The van der Waals surface area contributed by atoms with Crippen LogP contribution < -0.4 is 0 Å². The van der Waals surface area contributed by atoms with E-state index in [0.29, 0.717) is 5.69 Å². The first-order valence-corrected chi connectivity index (χ1v) is 3.77. The fourth-order valence-electron chi connectivity index (χ4n) is 1.04.